The van der Waals surface area contributed by atoms with Crippen molar-refractivity contribution in [2.24, 2.45) is 0 Å². The predicted molar refractivity (Wildman–Crippen MR) is 376 cm³/mol. The minimum atomic E-state index is -1.67. The van der Waals surface area contributed by atoms with E-state index in [1.165, 1.54) is 302 Å². The summed E-state index contributed by atoms with van der Waals surface area (Å²) >= 11 is 0. The van der Waals surface area contributed by atoms with Crippen LogP contribution in [0.2, 0.25) is 0 Å². The number of allylic oxidation sites excluding steroid dienone is 6. The molecule has 0 bridgehead atoms. The standard InChI is InChI=1S/C78H149NO10/c1-3-5-7-9-11-13-15-17-19-21-23-25-27-29-31-33-35-36-38-39-41-43-45-47-49-51-53-55-57-59-61-63-65-70(81)73(83)69(68-88-78-76(86)75(85)74(84)72(67-80)89-78)79-77(87)71(82)66-64-62-60-58-56-54-52-50-48-46-44-42-40-37-34-32-30-28-26-24-22-20-18-16-14-12-10-8-6-4-2/h24,26,30,32,57,59,69-76,78,80-86H,3-23,25,27-29,31,33-56,58,60-68H2,1-2H3,(H,79,87)/b26-24-,32-30-,59-57+. The van der Waals surface area contributed by atoms with Gasteiger partial charge in [-0.3, -0.25) is 4.79 Å². The molecule has 1 aliphatic heterocycles. The summed E-state index contributed by atoms with van der Waals surface area (Å²) < 4.78 is 11.2. The van der Waals surface area contributed by atoms with E-state index in [0.29, 0.717) is 12.8 Å². The first kappa shape index (κ1) is 85.3. The number of hydrogen-bond acceptors (Lipinski definition) is 10. The van der Waals surface area contributed by atoms with Crippen molar-refractivity contribution in [1.82, 2.24) is 5.32 Å². The van der Waals surface area contributed by atoms with E-state index in [1.54, 1.807) is 0 Å². The number of amides is 1. The van der Waals surface area contributed by atoms with Gasteiger partial charge < -0.3 is 50.5 Å². The molecule has 9 unspecified atom stereocenters. The quantitative estimate of drug-likeness (QED) is 0.0215. The van der Waals surface area contributed by atoms with Gasteiger partial charge in [0.05, 0.1) is 25.4 Å². The highest BCUT2D eigenvalue weighted by Gasteiger charge is 2.44. The van der Waals surface area contributed by atoms with Crippen LogP contribution in [0.5, 0.6) is 0 Å². The molecular formula is C78H149NO10. The molecule has 11 heteroatoms. The SMILES string of the molecule is CCCCCCCCCCC/C=C\C/C=C\CCCCCCCCCCCCCCCCC(O)C(=O)NC(COC1OC(CO)C(O)C(O)C1O)C(O)C(O)CCC/C=C/CCCCCCCCCCCCCCCCCCCCCCCCCCCCC. The fourth-order valence-electron chi connectivity index (χ4n) is 12.7. The summed E-state index contributed by atoms with van der Waals surface area (Å²) in [6.07, 6.45) is 75.4. The Kier molecular flexibility index (Phi) is 63.6. The maximum absolute atomic E-state index is 13.3. The van der Waals surface area contributed by atoms with Crippen LogP contribution in [0.1, 0.15) is 386 Å². The Hall–Kier alpha value is -1.67. The zero-order valence-corrected chi connectivity index (χ0v) is 58.4. The summed E-state index contributed by atoms with van der Waals surface area (Å²) in [6.45, 7) is 3.51. The fraction of sp³-hybridized carbons (Fsp3) is 0.910. The lowest BCUT2D eigenvalue weighted by Gasteiger charge is -2.40. The van der Waals surface area contributed by atoms with Crippen molar-refractivity contribution in [1.29, 1.82) is 0 Å². The van der Waals surface area contributed by atoms with Gasteiger partial charge in [-0.25, -0.2) is 0 Å². The lowest BCUT2D eigenvalue weighted by atomic mass is 9.98. The molecule has 8 N–H and O–H groups in total. The Morgan fingerprint density at radius 1 is 0.393 bits per heavy atom. The van der Waals surface area contributed by atoms with Gasteiger partial charge in [0.1, 0.15) is 36.6 Å². The van der Waals surface area contributed by atoms with E-state index in [2.05, 4.69) is 55.6 Å². The molecule has 1 aliphatic rings. The van der Waals surface area contributed by atoms with Gasteiger partial charge in [0, 0.05) is 0 Å². The molecule has 9 atom stereocenters. The Labute approximate surface area is 549 Å². The average molecular weight is 1260 g/mol. The van der Waals surface area contributed by atoms with Crippen LogP contribution in [-0.4, -0.2) is 110 Å². The molecule has 0 saturated carbocycles. The van der Waals surface area contributed by atoms with Gasteiger partial charge in [-0.05, 0) is 70.6 Å². The van der Waals surface area contributed by atoms with Crippen LogP contribution in [-0.2, 0) is 14.3 Å². The highest BCUT2D eigenvalue weighted by atomic mass is 16.7. The second kappa shape index (κ2) is 66.4. The maximum atomic E-state index is 13.3. The molecule has 0 aromatic rings. The minimum Gasteiger partial charge on any atom is -0.394 e. The van der Waals surface area contributed by atoms with Crippen molar-refractivity contribution >= 4 is 5.91 Å². The normalized spacial score (nSPS) is 18.7. The maximum Gasteiger partial charge on any atom is 0.249 e. The van der Waals surface area contributed by atoms with E-state index in [1.807, 2.05) is 0 Å². The highest BCUT2D eigenvalue weighted by Crippen LogP contribution is 2.24. The molecule has 526 valence electrons. The summed E-state index contributed by atoms with van der Waals surface area (Å²) in [5.74, 6) is -0.701. The molecule has 1 amide bonds. The summed E-state index contributed by atoms with van der Waals surface area (Å²) in [4.78, 5) is 13.3. The molecule has 1 fully saturated rings. The third-order valence-electron chi connectivity index (χ3n) is 18.9. The number of aliphatic hydroxyl groups is 7. The van der Waals surface area contributed by atoms with Crippen LogP contribution >= 0.6 is 0 Å². The fourth-order valence-corrected chi connectivity index (χ4v) is 12.7. The first-order chi connectivity index (χ1) is 43.7. The van der Waals surface area contributed by atoms with Crippen LogP contribution in [0, 0.1) is 0 Å². The van der Waals surface area contributed by atoms with E-state index in [4.69, 9.17) is 9.47 Å². The lowest BCUT2D eigenvalue weighted by Crippen LogP contribution is -2.60. The lowest BCUT2D eigenvalue weighted by molar-refractivity contribution is -0.303. The number of carbonyl (C=O) groups is 1. The van der Waals surface area contributed by atoms with Gasteiger partial charge in [-0.15, -0.1) is 0 Å². The second-order valence-electron chi connectivity index (χ2n) is 27.4. The molecular weight excluding hydrogens is 1110 g/mol. The van der Waals surface area contributed by atoms with Gasteiger partial charge in [0.25, 0.3) is 0 Å². The second-order valence-corrected chi connectivity index (χ2v) is 27.4. The molecule has 1 rings (SSSR count). The molecule has 89 heavy (non-hydrogen) atoms. The van der Waals surface area contributed by atoms with Crippen molar-refractivity contribution in [2.75, 3.05) is 13.2 Å². The molecule has 1 saturated heterocycles. The van der Waals surface area contributed by atoms with Crippen molar-refractivity contribution in [3.63, 3.8) is 0 Å². The number of aliphatic hydroxyl groups excluding tert-OH is 7. The number of carbonyl (C=O) groups excluding carboxylic acids is 1. The molecule has 1 heterocycles. The number of unbranched alkanes of at least 4 members (excludes halogenated alkanes) is 51. The summed E-state index contributed by atoms with van der Waals surface area (Å²) in [5.41, 5.74) is 0. The topological polar surface area (TPSA) is 189 Å². The Morgan fingerprint density at radius 2 is 0.697 bits per heavy atom. The third-order valence-corrected chi connectivity index (χ3v) is 18.9. The summed E-state index contributed by atoms with van der Waals surface area (Å²) in [6, 6.07) is -1.19. The van der Waals surface area contributed by atoms with Crippen LogP contribution in [0.15, 0.2) is 36.5 Å². The van der Waals surface area contributed by atoms with E-state index < -0.39 is 74.2 Å². The Bertz CT molecular complexity index is 1540. The molecule has 0 aromatic carbocycles. The zero-order valence-electron chi connectivity index (χ0n) is 58.4. The first-order valence-corrected chi connectivity index (χ1v) is 38.9. The average Bonchev–Trinajstić information content (AvgIpc) is 3.68. The molecule has 0 radical (unpaired) electrons. The number of nitrogens with one attached hydrogen (secondary N) is 1. The third kappa shape index (κ3) is 53.3. The number of rotatable bonds is 69. The number of hydrogen-bond donors (Lipinski definition) is 8. The first-order valence-electron chi connectivity index (χ1n) is 38.9. The Balaban J connectivity index is 2.17. The molecule has 0 aliphatic carbocycles. The van der Waals surface area contributed by atoms with Gasteiger partial charge in [-0.2, -0.15) is 0 Å². The number of ether oxygens (including phenoxy) is 2. The zero-order chi connectivity index (χ0) is 64.6. The van der Waals surface area contributed by atoms with Crippen molar-refractivity contribution < 1.29 is 50.0 Å². The summed E-state index contributed by atoms with van der Waals surface area (Å²) in [7, 11) is 0. The highest BCUT2D eigenvalue weighted by molar-refractivity contribution is 5.80. The minimum absolute atomic E-state index is 0.255. The predicted octanol–water partition coefficient (Wildman–Crippen LogP) is 19.7. The Morgan fingerprint density at radius 3 is 1.03 bits per heavy atom. The largest absolute Gasteiger partial charge is 0.394 e. The van der Waals surface area contributed by atoms with E-state index in [0.717, 1.165) is 44.9 Å². The molecule has 11 nitrogen and oxygen atoms in total. The molecule has 0 aromatic heterocycles. The monoisotopic (exact) mass is 1260 g/mol. The smallest absolute Gasteiger partial charge is 0.249 e. The van der Waals surface area contributed by atoms with E-state index in [9.17, 15) is 40.5 Å². The van der Waals surface area contributed by atoms with Gasteiger partial charge >= 0.3 is 0 Å². The molecule has 0 spiro atoms. The summed E-state index contributed by atoms with van der Waals surface area (Å²) in [5, 5.41) is 76.7. The van der Waals surface area contributed by atoms with Crippen LogP contribution in [0.25, 0.3) is 0 Å². The van der Waals surface area contributed by atoms with Crippen molar-refractivity contribution in [3.05, 3.63) is 36.5 Å². The van der Waals surface area contributed by atoms with Gasteiger partial charge in [-0.1, -0.05) is 352 Å². The van der Waals surface area contributed by atoms with Crippen LogP contribution in [0.4, 0.5) is 0 Å². The van der Waals surface area contributed by atoms with E-state index in [-0.39, 0.29) is 12.8 Å². The van der Waals surface area contributed by atoms with Crippen LogP contribution in [0.3, 0.4) is 0 Å². The van der Waals surface area contributed by atoms with Crippen LogP contribution < -0.4 is 5.32 Å². The van der Waals surface area contributed by atoms with Gasteiger partial charge in [0.15, 0.2) is 6.29 Å². The van der Waals surface area contributed by atoms with Gasteiger partial charge in [0.2, 0.25) is 5.91 Å². The van der Waals surface area contributed by atoms with Crippen molar-refractivity contribution in [2.45, 2.75) is 441 Å². The van der Waals surface area contributed by atoms with Crippen molar-refractivity contribution in [3.8, 4) is 0 Å². The van der Waals surface area contributed by atoms with E-state index >= 15 is 0 Å².